The van der Waals surface area contributed by atoms with Crippen molar-refractivity contribution in [3.8, 4) is 11.5 Å². The van der Waals surface area contributed by atoms with E-state index in [-0.39, 0.29) is 17.9 Å². The van der Waals surface area contributed by atoms with Crippen LogP contribution in [0.2, 0.25) is 0 Å². The van der Waals surface area contributed by atoms with Crippen molar-refractivity contribution >= 4 is 5.91 Å². The lowest BCUT2D eigenvalue weighted by molar-refractivity contribution is -0.137. The molecule has 2 aromatic rings. The summed E-state index contributed by atoms with van der Waals surface area (Å²) in [6, 6.07) is 10.1. The topological polar surface area (TPSA) is 78.8 Å². The number of ether oxygens (including phenoxy) is 1. The molecular weight excluding hydrogens is 327 g/mol. The summed E-state index contributed by atoms with van der Waals surface area (Å²) in [5, 5.41) is 19.7. The minimum atomic E-state index is -4.41. The van der Waals surface area contributed by atoms with Crippen LogP contribution in [0.1, 0.15) is 15.9 Å². The summed E-state index contributed by atoms with van der Waals surface area (Å²) in [4.78, 5) is 11.7. The second kappa shape index (κ2) is 7.33. The Labute approximate surface area is 135 Å². The van der Waals surface area contributed by atoms with Crippen LogP contribution in [-0.2, 0) is 6.18 Å². The molecule has 0 radical (unpaired) electrons. The van der Waals surface area contributed by atoms with Gasteiger partial charge < -0.3 is 20.3 Å². The number of aliphatic hydroxyl groups is 2. The van der Waals surface area contributed by atoms with Gasteiger partial charge in [0.15, 0.2) is 6.29 Å². The van der Waals surface area contributed by atoms with E-state index < -0.39 is 23.9 Å². The summed E-state index contributed by atoms with van der Waals surface area (Å²) in [6.07, 6.45) is -6.05. The minimum absolute atomic E-state index is 0.226. The van der Waals surface area contributed by atoms with Crippen molar-refractivity contribution in [2.24, 2.45) is 0 Å². The second-order valence-electron chi connectivity index (χ2n) is 4.84. The quantitative estimate of drug-likeness (QED) is 0.731. The number of nitrogens with one attached hydrogen (secondary N) is 1. The standard InChI is InChI=1S/C16H14F3NO4/c17-16(18,19)11-3-7-13(8-4-11)24-12-5-1-10(2-6-12)15(23)20-9-14(21)22/h1-8,14,21-22H,9H2,(H,20,23). The lowest BCUT2D eigenvalue weighted by Crippen LogP contribution is -2.31. The second-order valence-corrected chi connectivity index (χ2v) is 4.84. The van der Waals surface area contributed by atoms with Crippen LogP contribution < -0.4 is 10.1 Å². The van der Waals surface area contributed by atoms with Crippen molar-refractivity contribution in [2.45, 2.75) is 12.5 Å². The van der Waals surface area contributed by atoms with Crippen molar-refractivity contribution in [3.63, 3.8) is 0 Å². The number of amides is 1. The lowest BCUT2D eigenvalue weighted by atomic mass is 10.2. The van der Waals surface area contributed by atoms with E-state index in [0.717, 1.165) is 12.1 Å². The van der Waals surface area contributed by atoms with Crippen molar-refractivity contribution in [2.75, 3.05) is 6.54 Å². The molecule has 2 aromatic carbocycles. The maximum Gasteiger partial charge on any atom is 0.416 e. The number of carbonyl (C=O) groups is 1. The van der Waals surface area contributed by atoms with Gasteiger partial charge in [0.05, 0.1) is 12.1 Å². The van der Waals surface area contributed by atoms with Gasteiger partial charge >= 0.3 is 6.18 Å². The molecule has 128 valence electrons. The molecular formula is C16H14F3NO4. The Morgan fingerprint density at radius 3 is 1.96 bits per heavy atom. The third-order valence-electron chi connectivity index (χ3n) is 2.98. The molecule has 0 heterocycles. The summed E-state index contributed by atoms with van der Waals surface area (Å²) in [7, 11) is 0. The third kappa shape index (κ3) is 4.97. The van der Waals surface area contributed by atoms with Crippen LogP contribution in [0.25, 0.3) is 0 Å². The SMILES string of the molecule is O=C(NCC(O)O)c1ccc(Oc2ccc(C(F)(F)F)cc2)cc1. The van der Waals surface area contributed by atoms with Crippen molar-refractivity contribution in [3.05, 3.63) is 59.7 Å². The first-order valence-corrected chi connectivity index (χ1v) is 6.85. The highest BCUT2D eigenvalue weighted by Gasteiger charge is 2.30. The van der Waals surface area contributed by atoms with E-state index in [2.05, 4.69) is 5.32 Å². The summed E-state index contributed by atoms with van der Waals surface area (Å²) in [6.45, 7) is -0.303. The fraction of sp³-hybridized carbons (Fsp3) is 0.188. The Morgan fingerprint density at radius 1 is 1.00 bits per heavy atom. The molecule has 0 saturated carbocycles. The number of alkyl halides is 3. The minimum Gasteiger partial charge on any atom is -0.457 e. The van der Waals surface area contributed by atoms with E-state index in [1.807, 2.05) is 0 Å². The summed E-state index contributed by atoms with van der Waals surface area (Å²) < 4.78 is 42.8. The highest BCUT2D eigenvalue weighted by Crippen LogP contribution is 2.31. The van der Waals surface area contributed by atoms with Gasteiger partial charge in [0.1, 0.15) is 11.5 Å². The van der Waals surface area contributed by atoms with Gasteiger partial charge in [0, 0.05) is 5.56 Å². The number of hydrogen-bond acceptors (Lipinski definition) is 4. The fourth-order valence-electron chi connectivity index (χ4n) is 1.81. The number of halogens is 3. The molecule has 0 aliphatic carbocycles. The van der Waals surface area contributed by atoms with E-state index >= 15 is 0 Å². The van der Waals surface area contributed by atoms with Crippen LogP contribution in [0.5, 0.6) is 11.5 Å². The zero-order chi connectivity index (χ0) is 17.7. The molecule has 0 atom stereocenters. The van der Waals surface area contributed by atoms with E-state index in [9.17, 15) is 18.0 Å². The normalized spacial score (nSPS) is 11.4. The highest BCUT2D eigenvalue weighted by molar-refractivity contribution is 5.94. The molecule has 0 saturated heterocycles. The number of hydrogen-bond donors (Lipinski definition) is 3. The number of rotatable bonds is 5. The molecule has 0 fully saturated rings. The Balaban J connectivity index is 2.00. The zero-order valence-corrected chi connectivity index (χ0v) is 12.2. The Hall–Kier alpha value is -2.58. The first-order valence-electron chi connectivity index (χ1n) is 6.85. The first kappa shape index (κ1) is 17.8. The maximum absolute atomic E-state index is 12.5. The van der Waals surface area contributed by atoms with Gasteiger partial charge in [-0.15, -0.1) is 0 Å². The van der Waals surface area contributed by atoms with Gasteiger partial charge in [0.2, 0.25) is 0 Å². The van der Waals surface area contributed by atoms with Crippen molar-refractivity contribution in [1.29, 1.82) is 0 Å². The smallest absolute Gasteiger partial charge is 0.416 e. The number of aliphatic hydroxyl groups excluding tert-OH is 1. The molecule has 0 unspecified atom stereocenters. The predicted octanol–water partition coefficient (Wildman–Crippen LogP) is 2.54. The Bertz CT molecular complexity index is 682. The molecule has 2 rings (SSSR count). The van der Waals surface area contributed by atoms with E-state index in [4.69, 9.17) is 14.9 Å². The molecule has 0 aliphatic rings. The van der Waals surface area contributed by atoms with Crippen LogP contribution in [0, 0.1) is 0 Å². The summed E-state index contributed by atoms with van der Waals surface area (Å²) >= 11 is 0. The van der Waals surface area contributed by atoms with E-state index in [1.54, 1.807) is 0 Å². The summed E-state index contributed by atoms with van der Waals surface area (Å²) in [5.41, 5.74) is -0.497. The van der Waals surface area contributed by atoms with Crippen molar-refractivity contribution < 1.29 is 32.9 Å². The Kier molecular flexibility index (Phi) is 5.42. The monoisotopic (exact) mass is 341 g/mol. The summed E-state index contributed by atoms with van der Waals surface area (Å²) in [5.74, 6) is 0.0706. The average Bonchev–Trinajstić information content (AvgIpc) is 2.53. The zero-order valence-electron chi connectivity index (χ0n) is 12.2. The van der Waals surface area contributed by atoms with Crippen LogP contribution in [0.4, 0.5) is 13.2 Å². The van der Waals surface area contributed by atoms with Gasteiger partial charge in [-0.2, -0.15) is 13.2 Å². The number of benzene rings is 2. The van der Waals surface area contributed by atoms with Crippen LogP contribution in [0.15, 0.2) is 48.5 Å². The molecule has 1 amide bonds. The van der Waals surface area contributed by atoms with Crippen LogP contribution in [-0.4, -0.2) is 29.0 Å². The van der Waals surface area contributed by atoms with Gasteiger partial charge in [-0.05, 0) is 48.5 Å². The van der Waals surface area contributed by atoms with Crippen LogP contribution >= 0.6 is 0 Å². The molecule has 3 N–H and O–H groups in total. The molecule has 0 aromatic heterocycles. The van der Waals surface area contributed by atoms with Crippen LogP contribution in [0.3, 0.4) is 0 Å². The molecule has 0 bridgehead atoms. The van der Waals surface area contributed by atoms with Gasteiger partial charge in [-0.1, -0.05) is 0 Å². The van der Waals surface area contributed by atoms with E-state index in [1.165, 1.54) is 36.4 Å². The average molecular weight is 341 g/mol. The van der Waals surface area contributed by atoms with Gasteiger partial charge in [-0.3, -0.25) is 4.79 Å². The lowest BCUT2D eigenvalue weighted by Gasteiger charge is -2.10. The molecule has 8 heteroatoms. The van der Waals surface area contributed by atoms with Gasteiger partial charge in [-0.25, -0.2) is 0 Å². The molecule has 24 heavy (non-hydrogen) atoms. The molecule has 5 nitrogen and oxygen atoms in total. The Morgan fingerprint density at radius 2 is 1.50 bits per heavy atom. The third-order valence-corrected chi connectivity index (χ3v) is 2.98. The molecule has 0 spiro atoms. The van der Waals surface area contributed by atoms with Crippen molar-refractivity contribution in [1.82, 2.24) is 5.32 Å². The molecule has 0 aliphatic heterocycles. The highest BCUT2D eigenvalue weighted by atomic mass is 19.4. The first-order chi connectivity index (χ1) is 11.3. The maximum atomic E-state index is 12.5. The predicted molar refractivity (Wildman–Crippen MR) is 78.5 cm³/mol. The fourth-order valence-corrected chi connectivity index (χ4v) is 1.81. The largest absolute Gasteiger partial charge is 0.457 e. The number of carbonyl (C=O) groups excluding carboxylic acids is 1. The van der Waals surface area contributed by atoms with Gasteiger partial charge in [0.25, 0.3) is 5.91 Å². The van der Waals surface area contributed by atoms with E-state index in [0.29, 0.717) is 5.75 Å².